The molecule has 1 heterocycles. The van der Waals surface area contributed by atoms with Crippen molar-refractivity contribution in [2.45, 2.75) is 33.7 Å². The van der Waals surface area contributed by atoms with E-state index < -0.39 is 11.6 Å². The molecule has 154 valence electrons. The van der Waals surface area contributed by atoms with Gasteiger partial charge in [0, 0.05) is 18.2 Å². The number of benzene rings is 2. The van der Waals surface area contributed by atoms with Crippen molar-refractivity contribution in [1.29, 1.82) is 0 Å². The van der Waals surface area contributed by atoms with Crippen molar-refractivity contribution in [3.63, 3.8) is 0 Å². The van der Waals surface area contributed by atoms with Gasteiger partial charge in [-0.25, -0.2) is 4.68 Å². The fourth-order valence-corrected chi connectivity index (χ4v) is 3.11. The lowest BCUT2D eigenvalue weighted by atomic mass is 10.1. The molecular weight excluding hydrogens is 380 g/mol. The number of aromatic nitrogens is 2. The number of aryl methyl sites for hydroxylation is 2. The van der Waals surface area contributed by atoms with Crippen LogP contribution >= 0.6 is 0 Å². The van der Waals surface area contributed by atoms with Gasteiger partial charge in [0.05, 0.1) is 5.69 Å². The number of carbonyl (C=O) groups excluding carboxylic acids is 2. The number of nitrogens with one attached hydrogen (secondary N) is 2. The van der Waals surface area contributed by atoms with Crippen molar-refractivity contribution in [3.05, 3.63) is 76.1 Å². The molecule has 3 rings (SSSR count). The molecule has 0 saturated carbocycles. The molecule has 7 heteroatoms. The maximum atomic E-state index is 12.9. The van der Waals surface area contributed by atoms with Gasteiger partial charge < -0.3 is 10.6 Å². The molecule has 0 bridgehead atoms. The molecule has 0 unspecified atom stereocenters. The lowest BCUT2D eigenvalue weighted by Crippen LogP contribution is -2.35. The van der Waals surface area contributed by atoms with Gasteiger partial charge in [0.1, 0.15) is 11.7 Å². The van der Waals surface area contributed by atoms with Gasteiger partial charge in [-0.3, -0.25) is 14.4 Å². The molecule has 2 amide bonds. The average Bonchev–Trinajstić information content (AvgIpc) is 2.71. The number of hydrogen-bond donors (Lipinski definition) is 2. The van der Waals surface area contributed by atoms with E-state index in [9.17, 15) is 14.4 Å². The van der Waals surface area contributed by atoms with E-state index in [1.54, 1.807) is 6.92 Å². The molecule has 1 aromatic heterocycles. The molecule has 0 aliphatic rings. The van der Waals surface area contributed by atoms with Crippen molar-refractivity contribution in [1.82, 2.24) is 9.78 Å². The summed E-state index contributed by atoms with van der Waals surface area (Å²) in [5, 5.41) is 9.80. The summed E-state index contributed by atoms with van der Waals surface area (Å²) < 4.78 is 1.10. The van der Waals surface area contributed by atoms with Crippen LogP contribution in [-0.4, -0.2) is 21.6 Å². The lowest BCUT2D eigenvalue weighted by Gasteiger charge is -2.17. The zero-order valence-electron chi connectivity index (χ0n) is 17.4. The summed E-state index contributed by atoms with van der Waals surface area (Å²) in [4.78, 5) is 37.4. The number of amides is 2. The summed E-state index contributed by atoms with van der Waals surface area (Å²) in [6.45, 7) is 6.80. The van der Waals surface area contributed by atoms with Crippen LogP contribution in [0.25, 0.3) is 11.3 Å². The molecule has 0 radical (unpaired) electrons. The van der Waals surface area contributed by atoms with E-state index in [1.807, 2.05) is 62.4 Å². The van der Waals surface area contributed by atoms with E-state index in [2.05, 4.69) is 15.7 Å². The Morgan fingerprint density at radius 2 is 1.67 bits per heavy atom. The highest BCUT2D eigenvalue weighted by molar-refractivity contribution is 5.94. The third kappa shape index (κ3) is 4.63. The van der Waals surface area contributed by atoms with Gasteiger partial charge >= 0.3 is 0 Å². The van der Waals surface area contributed by atoms with Gasteiger partial charge in [0.2, 0.25) is 11.8 Å². The molecule has 0 fully saturated rings. The minimum absolute atomic E-state index is 0.0718. The van der Waals surface area contributed by atoms with Crippen LogP contribution < -0.4 is 16.2 Å². The molecule has 7 nitrogen and oxygen atoms in total. The number of nitrogens with zero attached hydrogens (tertiary/aromatic N) is 2. The Kier molecular flexibility index (Phi) is 6.11. The van der Waals surface area contributed by atoms with E-state index in [1.165, 1.54) is 13.0 Å². The smallest absolute Gasteiger partial charge is 0.291 e. The van der Waals surface area contributed by atoms with E-state index in [0.29, 0.717) is 11.4 Å². The van der Waals surface area contributed by atoms with Crippen LogP contribution in [-0.2, 0) is 9.59 Å². The third-order valence-corrected chi connectivity index (χ3v) is 4.70. The van der Waals surface area contributed by atoms with Gasteiger partial charge in [0.25, 0.3) is 5.56 Å². The van der Waals surface area contributed by atoms with Crippen molar-refractivity contribution >= 4 is 23.2 Å². The molecule has 0 spiro atoms. The highest BCUT2D eigenvalue weighted by Gasteiger charge is 2.21. The van der Waals surface area contributed by atoms with Gasteiger partial charge in [-0.05, 0) is 38.5 Å². The van der Waals surface area contributed by atoms with E-state index in [0.717, 1.165) is 21.4 Å². The second-order valence-corrected chi connectivity index (χ2v) is 7.22. The highest BCUT2D eigenvalue weighted by atomic mass is 16.2. The predicted octanol–water partition coefficient (Wildman–Crippen LogP) is 3.69. The van der Waals surface area contributed by atoms with Crippen LogP contribution in [0.3, 0.4) is 0 Å². The van der Waals surface area contributed by atoms with Gasteiger partial charge in [-0.1, -0.05) is 48.0 Å². The second-order valence-electron chi connectivity index (χ2n) is 7.22. The minimum atomic E-state index is -0.894. The summed E-state index contributed by atoms with van der Waals surface area (Å²) in [5.41, 5.74) is 3.45. The standard InChI is InChI=1S/C23H24N4O3/c1-14-10-11-19(15(2)12-14)25-22(29)16(3)27-23(30)21(24-17(4)28)13-20(26-27)18-8-6-5-7-9-18/h5-13,16H,1-4H3,(H,24,28)(H,25,29)/t16-/m0/s1. The minimum Gasteiger partial charge on any atom is -0.324 e. The first kappa shape index (κ1) is 21.0. The van der Waals surface area contributed by atoms with E-state index >= 15 is 0 Å². The molecule has 0 saturated heterocycles. The Labute approximate surface area is 174 Å². The Hall–Kier alpha value is -3.74. The van der Waals surface area contributed by atoms with Crippen LogP contribution in [0.1, 0.15) is 31.0 Å². The van der Waals surface area contributed by atoms with Crippen LogP contribution in [0.15, 0.2) is 59.4 Å². The van der Waals surface area contributed by atoms with Crippen LogP contribution in [0.4, 0.5) is 11.4 Å². The van der Waals surface area contributed by atoms with Crippen LogP contribution in [0.2, 0.25) is 0 Å². The molecule has 2 N–H and O–H groups in total. The zero-order valence-corrected chi connectivity index (χ0v) is 17.4. The molecule has 0 aliphatic heterocycles. The topological polar surface area (TPSA) is 93.1 Å². The van der Waals surface area contributed by atoms with Crippen molar-refractivity contribution < 1.29 is 9.59 Å². The first-order valence-electron chi connectivity index (χ1n) is 9.61. The van der Waals surface area contributed by atoms with E-state index in [-0.39, 0.29) is 17.5 Å². The largest absolute Gasteiger partial charge is 0.324 e. The Morgan fingerprint density at radius 1 is 0.967 bits per heavy atom. The van der Waals surface area contributed by atoms with Crippen LogP contribution in [0.5, 0.6) is 0 Å². The summed E-state index contributed by atoms with van der Waals surface area (Å²) >= 11 is 0. The number of carbonyl (C=O) groups is 2. The molecule has 1 atom stereocenters. The third-order valence-electron chi connectivity index (χ3n) is 4.70. The van der Waals surface area contributed by atoms with Crippen molar-refractivity contribution in [2.24, 2.45) is 0 Å². The van der Waals surface area contributed by atoms with Gasteiger partial charge in [0.15, 0.2) is 0 Å². The monoisotopic (exact) mass is 404 g/mol. The molecule has 0 aliphatic carbocycles. The Morgan fingerprint density at radius 3 is 2.30 bits per heavy atom. The Bertz CT molecular complexity index is 1150. The van der Waals surface area contributed by atoms with E-state index in [4.69, 9.17) is 0 Å². The summed E-state index contributed by atoms with van der Waals surface area (Å²) in [6.07, 6.45) is 0. The fraction of sp³-hybridized carbons (Fsp3) is 0.217. The maximum absolute atomic E-state index is 12.9. The van der Waals surface area contributed by atoms with Gasteiger partial charge in [-0.15, -0.1) is 0 Å². The van der Waals surface area contributed by atoms with Gasteiger partial charge in [-0.2, -0.15) is 5.10 Å². The SMILES string of the molecule is CC(=O)Nc1cc(-c2ccccc2)nn([C@@H](C)C(=O)Nc2ccc(C)cc2C)c1=O. The molecular formula is C23H24N4O3. The van der Waals surface area contributed by atoms with Crippen molar-refractivity contribution in [3.8, 4) is 11.3 Å². The molecule has 2 aromatic carbocycles. The second kappa shape index (κ2) is 8.73. The lowest BCUT2D eigenvalue weighted by molar-refractivity contribution is -0.119. The normalized spacial score (nSPS) is 11.6. The van der Waals surface area contributed by atoms with Crippen LogP contribution in [0, 0.1) is 13.8 Å². The zero-order chi connectivity index (χ0) is 21.8. The summed E-state index contributed by atoms with van der Waals surface area (Å²) in [7, 11) is 0. The summed E-state index contributed by atoms with van der Waals surface area (Å²) in [6, 6.07) is 15.6. The highest BCUT2D eigenvalue weighted by Crippen LogP contribution is 2.21. The Balaban J connectivity index is 2.01. The maximum Gasteiger partial charge on any atom is 0.291 e. The van der Waals surface area contributed by atoms with Crippen molar-refractivity contribution in [2.75, 3.05) is 10.6 Å². The predicted molar refractivity (Wildman–Crippen MR) is 117 cm³/mol. The average molecular weight is 404 g/mol. The number of hydrogen-bond acceptors (Lipinski definition) is 4. The first-order chi connectivity index (χ1) is 14.3. The summed E-state index contributed by atoms with van der Waals surface area (Å²) in [5.74, 6) is -0.758. The molecule has 30 heavy (non-hydrogen) atoms. The molecule has 3 aromatic rings. The number of anilines is 2. The first-order valence-corrected chi connectivity index (χ1v) is 9.61. The number of rotatable bonds is 5. The fourth-order valence-electron chi connectivity index (χ4n) is 3.11. The quantitative estimate of drug-likeness (QED) is 0.678.